The first-order valence-corrected chi connectivity index (χ1v) is 9.16. The lowest BCUT2D eigenvalue weighted by atomic mass is 9.87. The molecule has 2 aromatic rings. The Hall–Kier alpha value is -2.43. The number of anilines is 2. The summed E-state index contributed by atoms with van der Waals surface area (Å²) in [5.74, 6) is 0.871. The molecule has 0 aliphatic rings. The summed E-state index contributed by atoms with van der Waals surface area (Å²) in [4.78, 5) is 21.3. The van der Waals surface area contributed by atoms with Gasteiger partial charge in [0.2, 0.25) is 5.95 Å². The van der Waals surface area contributed by atoms with Crippen LogP contribution in [0.15, 0.2) is 30.3 Å². The third-order valence-electron chi connectivity index (χ3n) is 4.10. The summed E-state index contributed by atoms with van der Waals surface area (Å²) >= 11 is 0. The Balaban J connectivity index is 2.08. The number of aromatic nitrogens is 2. The number of benzene rings is 1. The second kappa shape index (κ2) is 8.30. The van der Waals surface area contributed by atoms with E-state index in [1.54, 1.807) is 6.07 Å². The Morgan fingerprint density at radius 2 is 1.77 bits per heavy atom. The summed E-state index contributed by atoms with van der Waals surface area (Å²) < 4.78 is 0. The first-order chi connectivity index (χ1) is 12.1. The summed E-state index contributed by atoms with van der Waals surface area (Å²) in [7, 11) is 0. The molecule has 5 nitrogen and oxygen atoms in total. The Kier molecular flexibility index (Phi) is 6.35. The molecule has 0 atom stereocenters. The monoisotopic (exact) mass is 354 g/mol. The summed E-state index contributed by atoms with van der Waals surface area (Å²) in [5.41, 5.74) is 3.20. The highest BCUT2D eigenvalue weighted by Gasteiger charge is 2.14. The second-order valence-electron chi connectivity index (χ2n) is 8.11. The van der Waals surface area contributed by atoms with E-state index in [0.29, 0.717) is 17.6 Å². The van der Waals surface area contributed by atoms with E-state index < -0.39 is 0 Å². The number of nitrogens with zero attached hydrogens (tertiary/aromatic N) is 2. The Bertz CT molecular complexity index is 746. The molecular formula is C21H30N4O. The number of amides is 1. The van der Waals surface area contributed by atoms with Crippen molar-refractivity contribution in [2.75, 3.05) is 17.2 Å². The summed E-state index contributed by atoms with van der Waals surface area (Å²) in [6.45, 7) is 13.5. The lowest BCUT2D eigenvalue weighted by Crippen LogP contribution is -2.17. The van der Waals surface area contributed by atoms with Gasteiger partial charge < -0.3 is 10.6 Å². The maximum Gasteiger partial charge on any atom is 0.274 e. The zero-order valence-corrected chi connectivity index (χ0v) is 16.7. The molecule has 140 valence electrons. The van der Waals surface area contributed by atoms with Crippen molar-refractivity contribution in [1.82, 2.24) is 9.97 Å². The minimum atomic E-state index is -0.231. The molecular weight excluding hydrogens is 324 g/mol. The van der Waals surface area contributed by atoms with Crippen LogP contribution in [-0.2, 0) is 5.41 Å². The van der Waals surface area contributed by atoms with Crippen LogP contribution >= 0.6 is 0 Å². The predicted octanol–water partition coefficient (Wildman–Crippen LogP) is 4.79. The van der Waals surface area contributed by atoms with Gasteiger partial charge in [0.1, 0.15) is 5.69 Å². The smallest absolute Gasteiger partial charge is 0.274 e. The van der Waals surface area contributed by atoms with Gasteiger partial charge in [-0.05, 0) is 48.4 Å². The molecule has 0 radical (unpaired) electrons. The minimum absolute atomic E-state index is 0.0862. The van der Waals surface area contributed by atoms with Gasteiger partial charge in [0.05, 0.1) is 0 Å². The highest BCUT2D eigenvalue weighted by atomic mass is 16.1. The van der Waals surface area contributed by atoms with Crippen LogP contribution in [0.5, 0.6) is 0 Å². The largest absolute Gasteiger partial charge is 0.354 e. The molecule has 0 saturated heterocycles. The van der Waals surface area contributed by atoms with Crippen molar-refractivity contribution in [1.29, 1.82) is 0 Å². The fraction of sp³-hybridized carbons (Fsp3) is 0.476. The molecule has 5 heteroatoms. The lowest BCUT2D eigenvalue weighted by molar-refractivity contribution is 0.102. The van der Waals surface area contributed by atoms with Crippen molar-refractivity contribution < 1.29 is 4.79 Å². The number of hydrogen-bond acceptors (Lipinski definition) is 4. The van der Waals surface area contributed by atoms with E-state index in [9.17, 15) is 4.79 Å². The average Bonchev–Trinajstić information content (AvgIpc) is 2.53. The highest BCUT2D eigenvalue weighted by Crippen LogP contribution is 2.23. The summed E-state index contributed by atoms with van der Waals surface area (Å²) in [6.07, 6.45) is 1.03. The highest BCUT2D eigenvalue weighted by molar-refractivity contribution is 6.03. The minimum Gasteiger partial charge on any atom is -0.354 e. The molecule has 2 N–H and O–H groups in total. The third-order valence-corrected chi connectivity index (χ3v) is 4.10. The maximum absolute atomic E-state index is 12.6. The normalized spacial score (nSPS) is 11.5. The van der Waals surface area contributed by atoms with Gasteiger partial charge in [-0.2, -0.15) is 0 Å². The van der Waals surface area contributed by atoms with Crippen molar-refractivity contribution in [2.24, 2.45) is 5.92 Å². The SMILES string of the molecule is Cc1cc(C(=O)Nc2ccc(C(C)(C)C)cc2)nc(NCCC(C)C)n1. The van der Waals surface area contributed by atoms with Crippen molar-refractivity contribution in [2.45, 2.75) is 53.4 Å². The van der Waals surface area contributed by atoms with E-state index in [0.717, 1.165) is 24.3 Å². The zero-order valence-electron chi connectivity index (χ0n) is 16.7. The van der Waals surface area contributed by atoms with Crippen LogP contribution in [0.3, 0.4) is 0 Å². The van der Waals surface area contributed by atoms with Crippen molar-refractivity contribution in [3.05, 3.63) is 47.3 Å². The number of nitrogens with one attached hydrogen (secondary N) is 2. The number of aryl methyl sites for hydroxylation is 1. The number of hydrogen-bond donors (Lipinski definition) is 2. The quantitative estimate of drug-likeness (QED) is 0.782. The molecule has 0 aliphatic carbocycles. The number of carbonyl (C=O) groups is 1. The fourth-order valence-electron chi connectivity index (χ4n) is 2.49. The zero-order chi connectivity index (χ0) is 19.3. The Labute approximate surface area is 156 Å². The molecule has 1 amide bonds. The van der Waals surface area contributed by atoms with E-state index >= 15 is 0 Å². The molecule has 0 spiro atoms. The van der Waals surface area contributed by atoms with Crippen LogP contribution in [0.4, 0.5) is 11.6 Å². The van der Waals surface area contributed by atoms with Gasteiger partial charge in [-0.25, -0.2) is 9.97 Å². The van der Waals surface area contributed by atoms with Crippen LogP contribution in [0, 0.1) is 12.8 Å². The maximum atomic E-state index is 12.6. The third kappa shape index (κ3) is 5.83. The topological polar surface area (TPSA) is 66.9 Å². The van der Waals surface area contributed by atoms with Crippen LogP contribution < -0.4 is 10.6 Å². The molecule has 1 aromatic carbocycles. The van der Waals surface area contributed by atoms with E-state index in [1.807, 2.05) is 31.2 Å². The summed E-state index contributed by atoms with van der Waals surface area (Å²) in [6, 6.07) is 9.63. The first-order valence-electron chi connectivity index (χ1n) is 9.16. The van der Waals surface area contributed by atoms with Gasteiger partial charge in [0, 0.05) is 17.9 Å². The van der Waals surface area contributed by atoms with E-state index in [-0.39, 0.29) is 11.3 Å². The van der Waals surface area contributed by atoms with Gasteiger partial charge in [0.15, 0.2) is 0 Å². The Morgan fingerprint density at radius 1 is 1.12 bits per heavy atom. The molecule has 26 heavy (non-hydrogen) atoms. The van der Waals surface area contributed by atoms with E-state index in [4.69, 9.17) is 0 Å². The molecule has 0 saturated carbocycles. The molecule has 1 aromatic heterocycles. The average molecular weight is 354 g/mol. The molecule has 2 rings (SSSR count). The first kappa shape index (κ1) is 19.9. The van der Waals surface area contributed by atoms with Gasteiger partial charge in [-0.15, -0.1) is 0 Å². The number of rotatable bonds is 6. The van der Waals surface area contributed by atoms with E-state index in [2.05, 4.69) is 55.2 Å². The van der Waals surface area contributed by atoms with Crippen LogP contribution in [-0.4, -0.2) is 22.4 Å². The molecule has 0 bridgehead atoms. The molecule has 1 heterocycles. The van der Waals surface area contributed by atoms with Gasteiger partial charge in [-0.1, -0.05) is 46.8 Å². The molecule has 0 fully saturated rings. The predicted molar refractivity (Wildman–Crippen MR) is 108 cm³/mol. The summed E-state index contributed by atoms with van der Waals surface area (Å²) in [5, 5.41) is 6.11. The number of carbonyl (C=O) groups excluding carboxylic acids is 1. The van der Waals surface area contributed by atoms with Crippen molar-refractivity contribution in [3.63, 3.8) is 0 Å². The van der Waals surface area contributed by atoms with Crippen LogP contribution in [0.25, 0.3) is 0 Å². The van der Waals surface area contributed by atoms with Crippen LogP contribution in [0.2, 0.25) is 0 Å². The molecule has 0 unspecified atom stereocenters. The Morgan fingerprint density at radius 3 is 2.35 bits per heavy atom. The van der Waals surface area contributed by atoms with E-state index in [1.165, 1.54) is 5.56 Å². The van der Waals surface area contributed by atoms with Gasteiger partial charge in [-0.3, -0.25) is 4.79 Å². The second-order valence-corrected chi connectivity index (χ2v) is 8.11. The van der Waals surface area contributed by atoms with Crippen molar-refractivity contribution >= 4 is 17.5 Å². The fourth-order valence-corrected chi connectivity index (χ4v) is 2.49. The lowest BCUT2D eigenvalue weighted by Gasteiger charge is -2.19. The van der Waals surface area contributed by atoms with Crippen LogP contribution in [0.1, 0.15) is 62.8 Å². The van der Waals surface area contributed by atoms with Gasteiger partial charge in [0.25, 0.3) is 5.91 Å². The van der Waals surface area contributed by atoms with Crippen molar-refractivity contribution in [3.8, 4) is 0 Å². The van der Waals surface area contributed by atoms with Gasteiger partial charge >= 0.3 is 0 Å². The molecule has 0 aliphatic heterocycles. The standard InChI is InChI=1S/C21H30N4O/c1-14(2)11-12-22-20-23-15(3)13-18(25-20)19(26)24-17-9-7-16(8-10-17)21(4,5)6/h7-10,13-14H,11-12H2,1-6H3,(H,24,26)(H,22,23,25).